The molecule has 0 spiro atoms. The molecule has 18 heavy (non-hydrogen) atoms. The van der Waals surface area contributed by atoms with Crippen molar-refractivity contribution in [2.24, 2.45) is 5.92 Å². The fourth-order valence-electron chi connectivity index (χ4n) is 2.89. The van der Waals surface area contributed by atoms with Gasteiger partial charge in [0, 0.05) is 0 Å². The molecule has 1 aliphatic carbocycles. The zero-order chi connectivity index (χ0) is 13.0. The zero-order valence-electron chi connectivity index (χ0n) is 10.5. The summed E-state index contributed by atoms with van der Waals surface area (Å²) >= 11 is 0. The van der Waals surface area contributed by atoms with Gasteiger partial charge in [-0.25, -0.2) is 0 Å². The lowest BCUT2D eigenvalue weighted by molar-refractivity contribution is -0.143. The molecule has 1 aromatic carbocycles. The molecular formula is C15H20O3. The molecular weight excluding hydrogens is 228 g/mol. The lowest BCUT2D eigenvalue weighted by atomic mass is 9.78. The fourth-order valence-corrected chi connectivity index (χ4v) is 2.89. The summed E-state index contributed by atoms with van der Waals surface area (Å²) in [4.78, 5) is 11.4. The highest BCUT2D eigenvalue weighted by Crippen LogP contribution is 2.33. The molecule has 2 atom stereocenters. The maximum absolute atomic E-state index is 11.4. The van der Waals surface area contributed by atoms with E-state index in [1.807, 2.05) is 18.2 Å². The van der Waals surface area contributed by atoms with Gasteiger partial charge in [-0.3, -0.25) is 4.79 Å². The van der Waals surface area contributed by atoms with Gasteiger partial charge in [-0.15, -0.1) is 0 Å². The van der Waals surface area contributed by atoms with Crippen LogP contribution in [0.25, 0.3) is 0 Å². The fraction of sp³-hybridized carbons (Fsp3) is 0.533. The number of aliphatic hydroxyl groups is 1. The summed E-state index contributed by atoms with van der Waals surface area (Å²) < 4.78 is 0. The van der Waals surface area contributed by atoms with Gasteiger partial charge in [-0.2, -0.15) is 0 Å². The van der Waals surface area contributed by atoms with Crippen LogP contribution in [0.15, 0.2) is 30.3 Å². The summed E-state index contributed by atoms with van der Waals surface area (Å²) in [5.74, 6) is -1.60. The van der Waals surface area contributed by atoms with Crippen molar-refractivity contribution in [1.29, 1.82) is 0 Å². The van der Waals surface area contributed by atoms with Gasteiger partial charge in [-0.05, 0) is 24.3 Å². The predicted molar refractivity (Wildman–Crippen MR) is 69.4 cm³/mol. The largest absolute Gasteiger partial charge is 0.481 e. The first-order chi connectivity index (χ1) is 8.70. The highest BCUT2D eigenvalue weighted by Gasteiger charge is 2.34. The Kier molecular flexibility index (Phi) is 4.37. The van der Waals surface area contributed by atoms with Crippen molar-refractivity contribution in [1.82, 2.24) is 0 Å². The number of aliphatic carboxylic acids is 1. The highest BCUT2D eigenvalue weighted by molar-refractivity contribution is 5.76. The van der Waals surface area contributed by atoms with E-state index in [4.69, 9.17) is 0 Å². The molecule has 1 aromatic rings. The molecule has 3 nitrogen and oxygen atoms in total. The second-order valence-electron chi connectivity index (χ2n) is 5.12. The third-order valence-corrected chi connectivity index (χ3v) is 3.90. The Morgan fingerprint density at radius 1 is 1.11 bits per heavy atom. The summed E-state index contributed by atoms with van der Waals surface area (Å²) in [7, 11) is 0. The van der Waals surface area contributed by atoms with E-state index in [2.05, 4.69) is 0 Å². The summed E-state index contributed by atoms with van der Waals surface area (Å²) in [5, 5.41) is 19.7. The first-order valence-corrected chi connectivity index (χ1v) is 6.66. The van der Waals surface area contributed by atoms with Crippen molar-refractivity contribution in [3.63, 3.8) is 0 Å². The average molecular weight is 248 g/mol. The first kappa shape index (κ1) is 13.1. The standard InChI is InChI=1S/C15H20O3/c16-14(12-9-5-2-6-10-12)13(15(17)18)11-7-3-1-4-8-11/h1,3-4,7-8,12-14,16H,2,5-6,9-10H2,(H,17,18)/t13-,14+/m1/s1. The lowest BCUT2D eigenvalue weighted by Gasteiger charge is -2.30. The van der Waals surface area contributed by atoms with E-state index in [0.29, 0.717) is 5.56 Å². The molecule has 0 radical (unpaired) electrons. The summed E-state index contributed by atoms with van der Waals surface area (Å²) in [6, 6.07) is 9.06. The van der Waals surface area contributed by atoms with Crippen LogP contribution in [0.2, 0.25) is 0 Å². The normalized spacial score (nSPS) is 20.3. The van der Waals surface area contributed by atoms with E-state index in [0.717, 1.165) is 25.7 Å². The molecule has 2 rings (SSSR count). The van der Waals surface area contributed by atoms with Gasteiger partial charge in [0.25, 0.3) is 0 Å². The maximum Gasteiger partial charge on any atom is 0.313 e. The van der Waals surface area contributed by atoms with Gasteiger partial charge < -0.3 is 10.2 Å². The van der Waals surface area contributed by atoms with E-state index in [-0.39, 0.29) is 5.92 Å². The van der Waals surface area contributed by atoms with Crippen LogP contribution in [0.5, 0.6) is 0 Å². The van der Waals surface area contributed by atoms with Crippen molar-refractivity contribution >= 4 is 5.97 Å². The van der Waals surface area contributed by atoms with E-state index < -0.39 is 18.0 Å². The van der Waals surface area contributed by atoms with Gasteiger partial charge in [0.1, 0.15) is 5.92 Å². The second-order valence-corrected chi connectivity index (χ2v) is 5.12. The average Bonchev–Trinajstić information content (AvgIpc) is 2.40. The number of carboxylic acid groups (broad SMARTS) is 1. The second kappa shape index (κ2) is 6.01. The van der Waals surface area contributed by atoms with Gasteiger partial charge in [0.05, 0.1) is 6.10 Å². The quantitative estimate of drug-likeness (QED) is 0.861. The zero-order valence-corrected chi connectivity index (χ0v) is 10.5. The molecule has 0 amide bonds. The van der Waals surface area contributed by atoms with Gasteiger partial charge >= 0.3 is 5.97 Å². The van der Waals surface area contributed by atoms with Crippen molar-refractivity contribution in [2.45, 2.75) is 44.1 Å². The molecule has 1 saturated carbocycles. The molecule has 0 heterocycles. The van der Waals surface area contributed by atoms with Crippen LogP contribution in [0, 0.1) is 5.92 Å². The van der Waals surface area contributed by atoms with Gasteiger partial charge in [0.15, 0.2) is 0 Å². The van der Waals surface area contributed by atoms with E-state index in [1.165, 1.54) is 6.42 Å². The van der Waals surface area contributed by atoms with Gasteiger partial charge in [-0.1, -0.05) is 49.6 Å². The van der Waals surface area contributed by atoms with Crippen molar-refractivity contribution in [3.05, 3.63) is 35.9 Å². The van der Waals surface area contributed by atoms with Crippen LogP contribution >= 0.6 is 0 Å². The van der Waals surface area contributed by atoms with Crippen molar-refractivity contribution in [3.8, 4) is 0 Å². The Morgan fingerprint density at radius 2 is 1.72 bits per heavy atom. The molecule has 0 aromatic heterocycles. The number of rotatable bonds is 4. The molecule has 1 aliphatic rings. The highest BCUT2D eigenvalue weighted by atomic mass is 16.4. The monoisotopic (exact) mass is 248 g/mol. The lowest BCUT2D eigenvalue weighted by Crippen LogP contribution is -2.33. The number of benzene rings is 1. The Hall–Kier alpha value is -1.35. The van der Waals surface area contributed by atoms with Crippen molar-refractivity contribution in [2.75, 3.05) is 0 Å². The number of carbonyl (C=O) groups is 1. The minimum atomic E-state index is -0.931. The summed E-state index contributed by atoms with van der Waals surface area (Å²) in [6.45, 7) is 0. The van der Waals surface area contributed by atoms with Gasteiger partial charge in [0.2, 0.25) is 0 Å². The minimum Gasteiger partial charge on any atom is -0.481 e. The number of hydrogen-bond acceptors (Lipinski definition) is 2. The Bertz CT molecular complexity index is 382. The third-order valence-electron chi connectivity index (χ3n) is 3.90. The Morgan fingerprint density at radius 3 is 2.28 bits per heavy atom. The molecule has 0 bridgehead atoms. The van der Waals surface area contributed by atoms with E-state index >= 15 is 0 Å². The summed E-state index contributed by atoms with van der Waals surface area (Å²) in [6.07, 6.45) is 4.51. The Balaban J connectivity index is 2.17. The number of aliphatic hydroxyl groups excluding tert-OH is 1. The number of hydrogen-bond donors (Lipinski definition) is 2. The molecule has 0 aliphatic heterocycles. The molecule has 2 N–H and O–H groups in total. The Labute approximate surface area is 107 Å². The molecule has 98 valence electrons. The topological polar surface area (TPSA) is 57.5 Å². The van der Waals surface area contributed by atoms with Crippen LogP contribution in [0.3, 0.4) is 0 Å². The minimum absolute atomic E-state index is 0.125. The molecule has 0 unspecified atom stereocenters. The smallest absolute Gasteiger partial charge is 0.313 e. The van der Waals surface area contributed by atoms with E-state index in [9.17, 15) is 15.0 Å². The summed E-state index contributed by atoms with van der Waals surface area (Å²) in [5.41, 5.74) is 0.697. The third kappa shape index (κ3) is 2.91. The maximum atomic E-state index is 11.4. The van der Waals surface area contributed by atoms with Crippen molar-refractivity contribution < 1.29 is 15.0 Å². The molecule has 0 saturated heterocycles. The van der Waals surface area contributed by atoms with Crippen LogP contribution in [0.4, 0.5) is 0 Å². The SMILES string of the molecule is O=C(O)[C@H](c1ccccc1)[C@@H](O)C1CCCCC1. The number of carboxylic acids is 1. The van der Waals surface area contributed by atoms with Crippen LogP contribution in [-0.2, 0) is 4.79 Å². The predicted octanol–water partition coefficient (Wildman–Crippen LogP) is 2.80. The molecule has 3 heteroatoms. The van der Waals surface area contributed by atoms with E-state index in [1.54, 1.807) is 12.1 Å². The van der Waals surface area contributed by atoms with Crippen LogP contribution < -0.4 is 0 Å². The van der Waals surface area contributed by atoms with Crippen LogP contribution in [-0.4, -0.2) is 22.3 Å². The molecule has 1 fully saturated rings. The van der Waals surface area contributed by atoms with Crippen LogP contribution in [0.1, 0.15) is 43.6 Å². The first-order valence-electron chi connectivity index (χ1n) is 6.66.